The summed E-state index contributed by atoms with van der Waals surface area (Å²) < 4.78 is 5.35. The number of nitrogens with zero attached hydrogens (tertiary/aromatic N) is 2. The van der Waals surface area contributed by atoms with Gasteiger partial charge in [0.05, 0.1) is 19.8 Å². The molecular formula is C20H21Cl2N3O3. The van der Waals surface area contributed by atoms with Gasteiger partial charge in [0, 0.05) is 47.1 Å². The van der Waals surface area contributed by atoms with Gasteiger partial charge in [-0.3, -0.25) is 9.59 Å². The van der Waals surface area contributed by atoms with Crippen molar-refractivity contribution in [2.45, 2.75) is 0 Å². The van der Waals surface area contributed by atoms with Crippen LogP contribution < -0.4 is 10.2 Å². The first kappa shape index (κ1) is 20.5. The van der Waals surface area contributed by atoms with E-state index in [9.17, 15) is 9.59 Å². The van der Waals surface area contributed by atoms with Gasteiger partial charge in [-0.15, -0.1) is 0 Å². The van der Waals surface area contributed by atoms with Crippen molar-refractivity contribution >= 4 is 46.4 Å². The number of benzene rings is 2. The van der Waals surface area contributed by atoms with E-state index >= 15 is 0 Å². The average molecular weight is 422 g/mol. The monoisotopic (exact) mass is 421 g/mol. The number of halogens is 2. The van der Waals surface area contributed by atoms with Crippen molar-refractivity contribution in [3.63, 3.8) is 0 Å². The smallest absolute Gasteiger partial charge is 0.254 e. The fourth-order valence-corrected chi connectivity index (χ4v) is 3.49. The molecule has 1 aliphatic rings. The van der Waals surface area contributed by atoms with Crippen LogP contribution in [0.5, 0.6) is 0 Å². The van der Waals surface area contributed by atoms with Crippen molar-refractivity contribution in [3.05, 3.63) is 58.1 Å². The fourth-order valence-electron chi connectivity index (χ4n) is 2.96. The first-order valence-electron chi connectivity index (χ1n) is 8.86. The van der Waals surface area contributed by atoms with E-state index in [4.69, 9.17) is 27.9 Å². The van der Waals surface area contributed by atoms with Crippen LogP contribution in [0.2, 0.25) is 10.0 Å². The third kappa shape index (κ3) is 5.38. The summed E-state index contributed by atoms with van der Waals surface area (Å²) in [5.74, 6) is -0.620. The molecule has 28 heavy (non-hydrogen) atoms. The number of nitrogens with one attached hydrogen (secondary N) is 1. The minimum Gasteiger partial charge on any atom is -0.378 e. The zero-order chi connectivity index (χ0) is 20.1. The molecule has 0 unspecified atom stereocenters. The lowest BCUT2D eigenvalue weighted by atomic mass is 10.2. The van der Waals surface area contributed by atoms with Crippen LogP contribution in [0.3, 0.4) is 0 Å². The molecule has 0 atom stereocenters. The highest BCUT2D eigenvalue weighted by Gasteiger charge is 2.16. The van der Waals surface area contributed by atoms with Crippen LogP contribution in [0, 0.1) is 0 Å². The van der Waals surface area contributed by atoms with Gasteiger partial charge in [-0.1, -0.05) is 23.2 Å². The van der Waals surface area contributed by atoms with Crippen LogP contribution in [0.15, 0.2) is 42.5 Å². The Morgan fingerprint density at radius 3 is 2.29 bits per heavy atom. The molecule has 0 radical (unpaired) electrons. The van der Waals surface area contributed by atoms with Crippen molar-refractivity contribution in [2.75, 3.05) is 50.1 Å². The molecule has 2 amide bonds. The first-order valence-corrected chi connectivity index (χ1v) is 9.62. The molecule has 0 saturated carbocycles. The van der Waals surface area contributed by atoms with Gasteiger partial charge in [0.15, 0.2) is 0 Å². The van der Waals surface area contributed by atoms with Gasteiger partial charge in [0.25, 0.3) is 5.91 Å². The van der Waals surface area contributed by atoms with Crippen molar-refractivity contribution in [3.8, 4) is 0 Å². The number of ether oxygens (including phenoxy) is 1. The predicted octanol–water partition coefficient (Wildman–Crippen LogP) is 3.54. The summed E-state index contributed by atoms with van der Waals surface area (Å²) in [7, 11) is 1.55. The lowest BCUT2D eigenvalue weighted by Gasteiger charge is -2.28. The first-order chi connectivity index (χ1) is 13.4. The molecule has 2 aromatic carbocycles. The molecule has 6 nitrogen and oxygen atoms in total. The van der Waals surface area contributed by atoms with Gasteiger partial charge >= 0.3 is 0 Å². The molecule has 1 saturated heterocycles. The molecule has 0 aromatic heterocycles. The number of hydrogen-bond donors (Lipinski definition) is 1. The van der Waals surface area contributed by atoms with E-state index in [1.165, 1.54) is 17.0 Å². The predicted molar refractivity (Wildman–Crippen MR) is 112 cm³/mol. The van der Waals surface area contributed by atoms with Crippen LogP contribution in [-0.2, 0) is 9.53 Å². The second-order valence-electron chi connectivity index (χ2n) is 6.51. The molecule has 1 heterocycles. The van der Waals surface area contributed by atoms with Crippen LogP contribution in [0.4, 0.5) is 11.4 Å². The third-order valence-corrected chi connectivity index (χ3v) is 4.80. The standard InChI is InChI=1S/C20H21Cl2N3O3/c1-24(20(27)14-10-15(21)12-16(22)11-14)13-19(26)23-17-2-4-18(5-3-17)25-6-8-28-9-7-25/h2-5,10-12H,6-9,13H2,1H3,(H,23,26). The molecule has 8 heteroatoms. The minimum atomic E-state index is -0.331. The van der Waals surface area contributed by atoms with Crippen LogP contribution in [0.1, 0.15) is 10.4 Å². The Morgan fingerprint density at radius 2 is 1.68 bits per heavy atom. The van der Waals surface area contributed by atoms with Gasteiger partial charge in [-0.2, -0.15) is 0 Å². The van der Waals surface area contributed by atoms with E-state index < -0.39 is 0 Å². The molecule has 0 aliphatic carbocycles. The number of morpholine rings is 1. The summed E-state index contributed by atoms with van der Waals surface area (Å²) in [6.07, 6.45) is 0. The molecule has 1 fully saturated rings. The number of likely N-dealkylation sites (N-methyl/N-ethyl adjacent to an activating group) is 1. The number of carbonyl (C=O) groups excluding carboxylic acids is 2. The van der Waals surface area contributed by atoms with Crippen molar-refractivity contribution in [1.29, 1.82) is 0 Å². The summed E-state index contributed by atoms with van der Waals surface area (Å²) in [5.41, 5.74) is 2.10. The maximum absolute atomic E-state index is 12.5. The Labute approximate surface area is 174 Å². The van der Waals surface area contributed by atoms with Gasteiger partial charge in [-0.05, 0) is 42.5 Å². The number of amides is 2. The molecule has 148 valence electrons. The lowest BCUT2D eigenvalue weighted by molar-refractivity contribution is -0.116. The zero-order valence-corrected chi connectivity index (χ0v) is 17.0. The van der Waals surface area contributed by atoms with Gasteiger partial charge in [-0.25, -0.2) is 0 Å². The number of hydrogen-bond acceptors (Lipinski definition) is 4. The third-order valence-electron chi connectivity index (χ3n) is 4.36. The van der Waals surface area contributed by atoms with Crippen molar-refractivity contribution < 1.29 is 14.3 Å². The largest absolute Gasteiger partial charge is 0.378 e. The molecule has 0 bridgehead atoms. The van der Waals surface area contributed by atoms with E-state index in [1.807, 2.05) is 24.3 Å². The normalized spacial score (nSPS) is 13.9. The van der Waals surface area contributed by atoms with E-state index in [-0.39, 0.29) is 18.4 Å². The SMILES string of the molecule is CN(CC(=O)Nc1ccc(N2CCOCC2)cc1)C(=O)c1cc(Cl)cc(Cl)c1. The van der Waals surface area contributed by atoms with Crippen molar-refractivity contribution in [1.82, 2.24) is 4.90 Å². The van der Waals surface area contributed by atoms with E-state index in [1.54, 1.807) is 13.1 Å². The Hall–Kier alpha value is -2.28. The molecule has 1 N–H and O–H groups in total. The minimum absolute atomic E-state index is 0.0891. The Balaban J connectivity index is 1.56. The van der Waals surface area contributed by atoms with Gasteiger partial charge in [0.2, 0.25) is 5.91 Å². The van der Waals surface area contributed by atoms with E-state index in [0.29, 0.717) is 21.3 Å². The molecule has 1 aliphatic heterocycles. The summed E-state index contributed by atoms with van der Waals surface area (Å²) in [4.78, 5) is 28.3. The fraction of sp³-hybridized carbons (Fsp3) is 0.300. The Bertz CT molecular complexity index is 832. The second kappa shape index (κ2) is 9.28. The summed E-state index contributed by atoms with van der Waals surface area (Å²) in [6.45, 7) is 3.06. The Kier molecular flexibility index (Phi) is 6.78. The number of rotatable bonds is 5. The average Bonchev–Trinajstić information content (AvgIpc) is 2.67. The maximum Gasteiger partial charge on any atom is 0.254 e. The molecule has 0 spiro atoms. The van der Waals surface area contributed by atoms with Crippen LogP contribution in [0.25, 0.3) is 0 Å². The van der Waals surface area contributed by atoms with Gasteiger partial charge < -0.3 is 19.9 Å². The summed E-state index contributed by atoms with van der Waals surface area (Å²) in [5, 5.41) is 3.54. The molecular weight excluding hydrogens is 401 g/mol. The van der Waals surface area contributed by atoms with E-state index in [0.717, 1.165) is 32.0 Å². The zero-order valence-electron chi connectivity index (χ0n) is 15.5. The molecule has 3 rings (SSSR count). The maximum atomic E-state index is 12.5. The van der Waals surface area contributed by atoms with Gasteiger partial charge in [0.1, 0.15) is 0 Å². The van der Waals surface area contributed by atoms with Crippen LogP contribution in [-0.4, -0.2) is 56.6 Å². The lowest BCUT2D eigenvalue weighted by Crippen LogP contribution is -2.36. The number of carbonyl (C=O) groups is 2. The highest BCUT2D eigenvalue weighted by Crippen LogP contribution is 2.21. The number of anilines is 2. The van der Waals surface area contributed by atoms with Crippen LogP contribution >= 0.6 is 23.2 Å². The van der Waals surface area contributed by atoms with E-state index in [2.05, 4.69) is 10.2 Å². The Morgan fingerprint density at radius 1 is 1.07 bits per heavy atom. The summed E-state index contributed by atoms with van der Waals surface area (Å²) in [6, 6.07) is 12.2. The second-order valence-corrected chi connectivity index (χ2v) is 7.39. The highest BCUT2D eigenvalue weighted by molar-refractivity contribution is 6.35. The quantitative estimate of drug-likeness (QED) is 0.801. The summed E-state index contributed by atoms with van der Waals surface area (Å²) >= 11 is 11.9. The molecule has 2 aromatic rings. The highest BCUT2D eigenvalue weighted by atomic mass is 35.5. The topological polar surface area (TPSA) is 61.9 Å². The van der Waals surface area contributed by atoms with Crippen molar-refractivity contribution in [2.24, 2.45) is 0 Å².